The molecule has 4 rings (SSSR count). The number of carbonyl (C=O) groups is 1. The minimum Gasteiger partial charge on any atom is -0.487 e. The van der Waals surface area contributed by atoms with Crippen LogP contribution in [0.15, 0.2) is 79.4 Å². The molecule has 0 aliphatic carbocycles. The largest absolute Gasteiger partial charge is 0.487 e. The SMILES string of the molecule is CC(NC(=O)c1cccc(OCc2cn3ccccc3n2)c1)c1cccnc1. The van der Waals surface area contributed by atoms with Crippen molar-refractivity contribution in [3.8, 4) is 5.75 Å². The molecular weight excluding hydrogens is 352 g/mol. The number of hydrogen-bond donors (Lipinski definition) is 1. The van der Waals surface area contributed by atoms with Crippen molar-refractivity contribution in [2.24, 2.45) is 0 Å². The van der Waals surface area contributed by atoms with Gasteiger partial charge in [-0.25, -0.2) is 4.98 Å². The number of nitrogens with one attached hydrogen (secondary N) is 1. The van der Waals surface area contributed by atoms with Crippen LogP contribution >= 0.6 is 0 Å². The quantitative estimate of drug-likeness (QED) is 0.559. The first-order valence-corrected chi connectivity index (χ1v) is 9.05. The summed E-state index contributed by atoms with van der Waals surface area (Å²) in [6, 6.07) is 16.6. The third kappa shape index (κ3) is 4.01. The number of imidazole rings is 1. The van der Waals surface area contributed by atoms with Crippen molar-refractivity contribution in [1.29, 1.82) is 0 Å². The van der Waals surface area contributed by atoms with Crippen LogP contribution in [0.1, 0.15) is 34.6 Å². The summed E-state index contributed by atoms with van der Waals surface area (Å²) in [7, 11) is 0. The first-order chi connectivity index (χ1) is 13.7. The van der Waals surface area contributed by atoms with Crippen molar-refractivity contribution in [1.82, 2.24) is 19.7 Å². The number of ether oxygens (including phenoxy) is 1. The zero-order chi connectivity index (χ0) is 19.3. The predicted octanol–water partition coefficient (Wildman–Crippen LogP) is 3.80. The lowest BCUT2D eigenvalue weighted by atomic mass is 10.1. The maximum absolute atomic E-state index is 12.6. The summed E-state index contributed by atoms with van der Waals surface area (Å²) >= 11 is 0. The van der Waals surface area contributed by atoms with E-state index in [0.717, 1.165) is 16.9 Å². The van der Waals surface area contributed by atoms with Gasteiger partial charge in [0.05, 0.1) is 11.7 Å². The number of fused-ring (bicyclic) bond motifs is 1. The summed E-state index contributed by atoms with van der Waals surface area (Å²) in [5.74, 6) is 0.466. The summed E-state index contributed by atoms with van der Waals surface area (Å²) in [5.41, 5.74) is 3.20. The van der Waals surface area contributed by atoms with Crippen LogP contribution in [0, 0.1) is 0 Å². The fourth-order valence-electron chi connectivity index (χ4n) is 2.94. The van der Waals surface area contributed by atoms with Gasteiger partial charge in [-0.1, -0.05) is 18.2 Å². The van der Waals surface area contributed by atoms with Crippen LogP contribution in [0.5, 0.6) is 5.75 Å². The molecule has 4 aromatic rings. The van der Waals surface area contributed by atoms with Gasteiger partial charge in [0.25, 0.3) is 5.91 Å². The van der Waals surface area contributed by atoms with Crippen molar-refractivity contribution >= 4 is 11.6 Å². The molecule has 1 N–H and O–H groups in total. The first kappa shape index (κ1) is 17.7. The van der Waals surface area contributed by atoms with Crippen molar-refractivity contribution in [2.75, 3.05) is 0 Å². The van der Waals surface area contributed by atoms with Crippen LogP contribution < -0.4 is 10.1 Å². The summed E-state index contributed by atoms with van der Waals surface area (Å²) in [5, 5.41) is 2.98. The molecule has 0 radical (unpaired) electrons. The third-order valence-corrected chi connectivity index (χ3v) is 4.43. The van der Waals surface area contributed by atoms with Crippen LogP contribution in [-0.4, -0.2) is 20.3 Å². The molecular formula is C22H20N4O2. The molecule has 1 aromatic carbocycles. The summed E-state index contributed by atoms with van der Waals surface area (Å²) in [6.07, 6.45) is 7.34. The van der Waals surface area contributed by atoms with Gasteiger partial charge >= 0.3 is 0 Å². The number of rotatable bonds is 6. The van der Waals surface area contributed by atoms with E-state index >= 15 is 0 Å². The molecule has 28 heavy (non-hydrogen) atoms. The maximum Gasteiger partial charge on any atom is 0.251 e. The molecule has 0 fully saturated rings. The summed E-state index contributed by atoms with van der Waals surface area (Å²) < 4.78 is 7.78. The molecule has 0 aliphatic rings. The van der Waals surface area contributed by atoms with Crippen LogP contribution in [0.2, 0.25) is 0 Å². The van der Waals surface area contributed by atoms with Gasteiger partial charge in [0.15, 0.2) is 0 Å². The molecule has 1 atom stereocenters. The van der Waals surface area contributed by atoms with Crippen molar-refractivity contribution in [3.63, 3.8) is 0 Å². The smallest absolute Gasteiger partial charge is 0.251 e. The maximum atomic E-state index is 12.6. The Morgan fingerprint density at radius 2 is 2.11 bits per heavy atom. The van der Waals surface area contributed by atoms with E-state index in [0.29, 0.717) is 17.9 Å². The number of carbonyl (C=O) groups excluding carboxylic acids is 1. The molecule has 0 saturated carbocycles. The highest BCUT2D eigenvalue weighted by atomic mass is 16.5. The molecule has 3 aromatic heterocycles. The van der Waals surface area contributed by atoms with Gasteiger partial charge in [0, 0.05) is 30.4 Å². The molecule has 0 bridgehead atoms. The third-order valence-electron chi connectivity index (χ3n) is 4.43. The summed E-state index contributed by atoms with van der Waals surface area (Å²) in [6.45, 7) is 2.26. The second-order valence-electron chi connectivity index (χ2n) is 6.50. The van der Waals surface area contributed by atoms with Gasteiger partial charge < -0.3 is 14.5 Å². The van der Waals surface area contributed by atoms with E-state index in [1.165, 1.54) is 0 Å². The Morgan fingerprint density at radius 3 is 2.93 bits per heavy atom. The average Bonchev–Trinajstić information content (AvgIpc) is 3.16. The molecule has 3 heterocycles. The molecule has 0 spiro atoms. The Labute approximate surface area is 162 Å². The Kier molecular flexibility index (Phi) is 5.01. The van der Waals surface area contributed by atoms with E-state index in [2.05, 4.69) is 15.3 Å². The molecule has 6 heteroatoms. The fraction of sp³-hybridized carbons (Fsp3) is 0.136. The van der Waals surface area contributed by atoms with E-state index in [1.54, 1.807) is 24.5 Å². The summed E-state index contributed by atoms with van der Waals surface area (Å²) in [4.78, 5) is 21.2. The molecule has 6 nitrogen and oxygen atoms in total. The number of nitrogens with zero attached hydrogens (tertiary/aromatic N) is 3. The number of pyridine rings is 2. The van der Waals surface area contributed by atoms with Gasteiger partial charge in [-0.05, 0) is 48.9 Å². The fourth-order valence-corrected chi connectivity index (χ4v) is 2.94. The Hall–Kier alpha value is -3.67. The van der Waals surface area contributed by atoms with Gasteiger partial charge in [0.1, 0.15) is 18.0 Å². The van der Waals surface area contributed by atoms with E-state index in [1.807, 2.05) is 66.2 Å². The van der Waals surface area contributed by atoms with Gasteiger partial charge in [-0.15, -0.1) is 0 Å². The van der Waals surface area contributed by atoms with Crippen molar-refractivity contribution < 1.29 is 9.53 Å². The Balaban J connectivity index is 1.41. The van der Waals surface area contributed by atoms with Crippen molar-refractivity contribution in [2.45, 2.75) is 19.6 Å². The number of hydrogen-bond acceptors (Lipinski definition) is 4. The van der Waals surface area contributed by atoms with Gasteiger partial charge in [-0.3, -0.25) is 9.78 Å². The molecule has 0 aliphatic heterocycles. The van der Waals surface area contributed by atoms with Crippen LogP contribution in [0.4, 0.5) is 0 Å². The highest BCUT2D eigenvalue weighted by Gasteiger charge is 2.12. The highest BCUT2D eigenvalue weighted by molar-refractivity contribution is 5.94. The highest BCUT2D eigenvalue weighted by Crippen LogP contribution is 2.17. The second kappa shape index (κ2) is 7.92. The lowest BCUT2D eigenvalue weighted by Gasteiger charge is -2.14. The van der Waals surface area contributed by atoms with E-state index in [4.69, 9.17) is 4.74 Å². The lowest BCUT2D eigenvalue weighted by molar-refractivity contribution is 0.0939. The molecule has 1 unspecified atom stereocenters. The Morgan fingerprint density at radius 1 is 1.18 bits per heavy atom. The predicted molar refractivity (Wildman–Crippen MR) is 106 cm³/mol. The van der Waals surface area contributed by atoms with Crippen molar-refractivity contribution in [3.05, 3.63) is 96.2 Å². The first-order valence-electron chi connectivity index (χ1n) is 9.05. The molecule has 140 valence electrons. The van der Waals surface area contributed by atoms with Crippen LogP contribution in [-0.2, 0) is 6.61 Å². The van der Waals surface area contributed by atoms with E-state index < -0.39 is 0 Å². The van der Waals surface area contributed by atoms with Crippen LogP contribution in [0.3, 0.4) is 0 Å². The second-order valence-corrected chi connectivity index (χ2v) is 6.50. The van der Waals surface area contributed by atoms with E-state index in [9.17, 15) is 4.79 Å². The standard InChI is InChI=1S/C22H20N4O2/c1-16(18-7-5-10-23-13-18)24-22(27)17-6-4-8-20(12-17)28-15-19-14-26-11-3-2-9-21(26)25-19/h2-14,16H,15H2,1H3,(H,24,27). The molecule has 0 saturated heterocycles. The minimum absolute atomic E-state index is 0.135. The molecule has 1 amide bonds. The zero-order valence-electron chi connectivity index (χ0n) is 15.4. The minimum atomic E-state index is -0.158. The van der Waals surface area contributed by atoms with Crippen LogP contribution in [0.25, 0.3) is 5.65 Å². The average molecular weight is 372 g/mol. The zero-order valence-corrected chi connectivity index (χ0v) is 15.4. The topological polar surface area (TPSA) is 68.5 Å². The normalized spacial score (nSPS) is 11.9. The van der Waals surface area contributed by atoms with E-state index in [-0.39, 0.29) is 11.9 Å². The van der Waals surface area contributed by atoms with Gasteiger partial charge in [-0.2, -0.15) is 0 Å². The Bertz CT molecular complexity index is 1060. The number of amides is 1. The monoisotopic (exact) mass is 372 g/mol. The van der Waals surface area contributed by atoms with Gasteiger partial charge in [0.2, 0.25) is 0 Å². The number of aromatic nitrogens is 3. The lowest BCUT2D eigenvalue weighted by Crippen LogP contribution is -2.26. The number of benzene rings is 1.